The first kappa shape index (κ1) is 38.3. The fourth-order valence-electron chi connectivity index (χ4n) is 7.40. The van der Waals surface area contributed by atoms with E-state index in [1.165, 1.54) is 6.92 Å². The molecule has 4 N–H and O–H groups in total. The molecule has 0 saturated carbocycles. The summed E-state index contributed by atoms with van der Waals surface area (Å²) >= 11 is 7.30. The van der Waals surface area contributed by atoms with Crippen LogP contribution >= 0.6 is 11.6 Å². The molecule has 4 atom stereocenters. The molecule has 7 rings (SSSR count). The largest absolute Gasteiger partial charge is 0.435 e. The third kappa shape index (κ3) is 8.50. The number of halogens is 1. The minimum Gasteiger partial charge on any atom is -0.435 e. The number of alkyl halides is 1. The summed E-state index contributed by atoms with van der Waals surface area (Å²) in [6.07, 6.45) is 7.43. The maximum Gasteiger partial charge on any atom is 0.270 e. The predicted octanol–water partition coefficient (Wildman–Crippen LogP) is 4.22. The molecule has 0 radical (unpaired) electrons. The smallest absolute Gasteiger partial charge is 0.270 e. The van der Waals surface area contributed by atoms with Gasteiger partial charge >= 0.3 is 0 Å². The molecule has 55 heavy (non-hydrogen) atoms. The Balaban J connectivity index is 1.05. The Labute approximate surface area is 324 Å². The van der Waals surface area contributed by atoms with E-state index in [-0.39, 0.29) is 36.2 Å². The Hall–Kier alpha value is -4.94. The number of nitrogens with one attached hydrogen (secondary N) is 3. The van der Waals surface area contributed by atoms with Gasteiger partial charge in [0.15, 0.2) is 5.58 Å². The lowest BCUT2D eigenvalue weighted by atomic mass is 9.83. The number of methoxy groups -OCH3 is 1. The van der Waals surface area contributed by atoms with Crippen LogP contribution in [0.3, 0.4) is 0 Å². The number of nitriles is 1. The molecule has 4 heterocycles. The molecule has 4 aromatic rings. The minimum absolute atomic E-state index is 0.0406. The van der Waals surface area contributed by atoms with Gasteiger partial charge in [-0.15, -0.1) is 11.6 Å². The predicted molar refractivity (Wildman–Crippen MR) is 207 cm³/mol. The van der Waals surface area contributed by atoms with Crippen LogP contribution in [0.1, 0.15) is 58.6 Å². The van der Waals surface area contributed by atoms with E-state index in [0.29, 0.717) is 60.8 Å². The summed E-state index contributed by atoms with van der Waals surface area (Å²) < 4.78 is 17.0. The fourth-order valence-corrected chi connectivity index (χ4v) is 7.70. The number of aliphatic hydroxyl groups excluding tert-OH is 1. The topological polar surface area (TPSA) is 175 Å². The molecule has 2 aromatic carbocycles. The SMILES string of the molecule is COCc1cc(C(=O)NC2C=CC=C(c3cccc(-c4nc5cc(CN6CC(NC(C)=O)C6)cc(C#N)c5o4)c3)C2(C)Cl)ncc1CN[C@@H]1CCOC[C@H]1O. The molecule has 0 bridgehead atoms. The lowest BCUT2D eigenvalue weighted by molar-refractivity contribution is -0.120. The third-order valence-corrected chi connectivity index (χ3v) is 10.8. The van der Waals surface area contributed by atoms with Gasteiger partial charge in [-0.3, -0.25) is 19.5 Å². The van der Waals surface area contributed by atoms with E-state index in [9.17, 15) is 20.0 Å². The summed E-state index contributed by atoms with van der Waals surface area (Å²) in [5, 5.41) is 29.6. The first-order chi connectivity index (χ1) is 26.5. The standard InChI is InChI=1S/C41H44ClN7O6/c1-24(50)46-31-20-49(21-31)19-25-12-28(16-43)38-34(13-25)47-40(55-38)27-7-4-6-26(14-27)32-8-5-9-37(41(32,2)42)48-39(52)35-15-29(22-53-3)30(18-45-35)17-44-33-10-11-54-23-36(33)51/h4-9,12-15,18,31,33,36-37,44,51H,10-11,17,19-23H2,1-3H3,(H,46,50)(H,48,52)/t33-,36-,37?,41?/m1/s1. The van der Waals surface area contributed by atoms with E-state index in [4.69, 9.17) is 30.5 Å². The second kappa shape index (κ2) is 16.4. The zero-order valence-corrected chi connectivity index (χ0v) is 31.7. The number of hydrogen-bond donors (Lipinski definition) is 4. The summed E-state index contributed by atoms with van der Waals surface area (Å²) in [6.45, 7) is 7.12. The fraction of sp³-hybridized carbons (Fsp3) is 0.390. The number of nitrogens with zero attached hydrogens (tertiary/aromatic N) is 4. The number of amides is 2. The molecule has 286 valence electrons. The van der Waals surface area contributed by atoms with Crippen LogP contribution in [0.25, 0.3) is 28.1 Å². The number of pyridine rings is 1. The monoisotopic (exact) mass is 765 g/mol. The van der Waals surface area contributed by atoms with E-state index < -0.39 is 17.0 Å². The lowest BCUT2D eigenvalue weighted by Crippen LogP contribution is -2.58. The first-order valence-electron chi connectivity index (χ1n) is 18.3. The van der Waals surface area contributed by atoms with Crippen LogP contribution in [-0.2, 0) is 34.0 Å². The normalized spacial score (nSPS) is 22.8. The van der Waals surface area contributed by atoms with E-state index >= 15 is 0 Å². The molecule has 2 saturated heterocycles. The quantitative estimate of drug-likeness (QED) is 0.152. The third-order valence-electron chi connectivity index (χ3n) is 10.3. The highest BCUT2D eigenvalue weighted by atomic mass is 35.5. The number of aliphatic hydroxyl groups is 1. The van der Waals surface area contributed by atoms with Crippen LogP contribution in [0.2, 0.25) is 0 Å². The zero-order valence-electron chi connectivity index (χ0n) is 31.0. The van der Waals surface area contributed by atoms with Crippen molar-refractivity contribution < 1.29 is 28.6 Å². The van der Waals surface area contributed by atoms with E-state index in [1.807, 2.05) is 61.5 Å². The summed E-state index contributed by atoms with van der Waals surface area (Å²) in [4.78, 5) is 35.4. The Morgan fingerprint density at radius 1 is 1.16 bits per heavy atom. The van der Waals surface area contributed by atoms with Gasteiger partial charge in [0, 0.05) is 64.6 Å². The number of likely N-dealkylation sites (tertiary alicyclic amines) is 1. The number of aromatic nitrogens is 2. The van der Waals surface area contributed by atoms with Crippen molar-refractivity contribution in [2.45, 2.75) is 69.1 Å². The maximum atomic E-state index is 13.6. The molecule has 2 unspecified atom stereocenters. The second-order valence-electron chi connectivity index (χ2n) is 14.5. The van der Waals surface area contributed by atoms with Gasteiger partial charge in [0.2, 0.25) is 11.8 Å². The summed E-state index contributed by atoms with van der Waals surface area (Å²) in [5.74, 6) is -0.0519. The molecule has 14 heteroatoms. The van der Waals surface area contributed by atoms with Crippen molar-refractivity contribution in [2.75, 3.05) is 33.4 Å². The van der Waals surface area contributed by atoms with E-state index in [1.54, 1.807) is 19.4 Å². The maximum absolute atomic E-state index is 13.6. The van der Waals surface area contributed by atoms with Crippen LogP contribution in [0.4, 0.5) is 0 Å². The van der Waals surface area contributed by atoms with Crippen molar-refractivity contribution in [1.29, 1.82) is 5.26 Å². The molecular weight excluding hydrogens is 722 g/mol. The van der Waals surface area contributed by atoms with Gasteiger partial charge in [0.05, 0.1) is 41.8 Å². The van der Waals surface area contributed by atoms with Gasteiger partial charge < -0.3 is 34.9 Å². The summed E-state index contributed by atoms with van der Waals surface area (Å²) in [5.41, 5.74) is 6.57. The van der Waals surface area contributed by atoms with Crippen LogP contribution < -0.4 is 16.0 Å². The van der Waals surface area contributed by atoms with Crippen LogP contribution in [0.5, 0.6) is 0 Å². The first-order valence-corrected chi connectivity index (χ1v) is 18.7. The van der Waals surface area contributed by atoms with Crippen molar-refractivity contribution in [1.82, 2.24) is 30.8 Å². The van der Waals surface area contributed by atoms with Crippen LogP contribution in [0, 0.1) is 11.3 Å². The summed E-state index contributed by atoms with van der Waals surface area (Å²) in [7, 11) is 1.60. The highest BCUT2D eigenvalue weighted by Gasteiger charge is 2.38. The number of ether oxygens (including phenoxy) is 2. The van der Waals surface area contributed by atoms with Crippen LogP contribution in [-0.4, -0.2) is 94.3 Å². The van der Waals surface area contributed by atoms with Gasteiger partial charge in [0.1, 0.15) is 17.3 Å². The van der Waals surface area contributed by atoms with Crippen molar-refractivity contribution >= 4 is 40.1 Å². The zero-order chi connectivity index (χ0) is 38.7. The number of fused-ring (bicyclic) bond motifs is 1. The number of rotatable bonds is 12. The van der Waals surface area contributed by atoms with Crippen LogP contribution in [0.15, 0.2) is 71.3 Å². The molecule has 2 fully saturated rings. The molecule has 2 aromatic heterocycles. The van der Waals surface area contributed by atoms with Gasteiger partial charge in [-0.05, 0) is 71.5 Å². The van der Waals surface area contributed by atoms with Crippen molar-refractivity contribution in [3.8, 4) is 17.5 Å². The Bertz CT molecular complexity index is 2190. The number of carbonyl (C=O) groups is 2. The number of hydrogen-bond acceptors (Lipinski definition) is 11. The molecular formula is C41H44ClN7O6. The molecule has 1 aliphatic carbocycles. The van der Waals surface area contributed by atoms with Gasteiger partial charge in [-0.25, -0.2) is 4.98 Å². The number of benzene rings is 2. The molecule has 3 aliphatic rings. The minimum atomic E-state index is -1.03. The van der Waals surface area contributed by atoms with Crippen molar-refractivity contribution in [3.05, 3.63) is 100 Å². The molecule has 2 aliphatic heterocycles. The van der Waals surface area contributed by atoms with Gasteiger partial charge in [-0.1, -0.05) is 30.4 Å². The number of oxazole rings is 1. The Morgan fingerprint density at radius 3 is 2.75 bits per heavy atom. The Kier molecular flexibility index (Phi) is 11.4. The molecule has 2 amide bonds. The van der Waals surface area contributed by atoms with E-state index in [0.717, 1.165) is 40.9 Å². The highest BCUT2D eigenvalue weighted by molar-refractivity contribution is 6.31. The molecule has 13 nitrogen and oxygen atoms in total. The number of carbonyl (C=O) groups excluding carboxylic acids is 2. The molecule has 0 spiro atoms. The van der Waals surface area contributed by atoms with E-state index in [2.05, 4.69) is 31.9 Å². The number of allylic oxidation sites excluding steroid dienone is 2. The Morgan fingerprint density at radius 2 is 1.98 bits per heavy atom. The highest BCUT2D eigenvalue weighted by Crippen LogP contribution is 2.40. The second-order valence-corrected chi connectivity index (χ2v) is 15.3. The van der Waals surface area contributed by atoms with Gasteiger partial charge in [0.25, 0.3) is 5.91 Å². The van der Waals surface area contributed by atoms with Crippen molar-refractivity contribution in [3.63, 3.8) is 0 Å². The van der Waals surface area contributed by atoms with Crippen molar-refractivity contribution in [2.24, 2.45) is 0 Å². The summed E-state index contributed by atoms with van der Waals surface area (Å²) in [6, 6.07) is 14.9. The average Bonchev–Trinajstić information content (AvgIpc) is 3.59. The average molecular weight is 766 g/mol. The lowest BCUT2D eigenvalue weighted by Gasteiger charge is -2.39. The van der Waals surface area contributed by atoms with Gasteiger partial charge in [-0.2, -0.15) is 5.26 Å².